The van der Waals surface area contributed by atoms with Gasteiger partial charge in [0.1, 0.15) is 5.82 Å². The van der Waals surface area contributed by atoms with Crippen LogP contribution in [0.1, 0.15) is 155 Å². The van der Waals surface area contributed by atoms with E-state index in [1.807, 2.05) is 6.20 Å². The summed E-state index contributed by atoms with van der Waals surface area (Å²) in [6.07, 6.45) is 1.93. The summed E-state index contributed by atoms with van der Waals surface area (Å²) in [5, 5.41) is 2.26. The Morgan fingerprint density at radius 1 is 0.513 bits per heavy atom. The Bertz CT molecular complexity index is 3540. The molecule has 7 aromatic carbocycles. The number of benzene rings is 7. The van der Waals surface area contributed by atoms with Gasteiger partial charge in [-0.15, -0.1) is 53.6 Å². The maximum absolute atomic E-state index is 7.14. The average Bonchev–Trinajstić information content (AvgIpc) is 3.91. The molecule has 1 aliphatic rings. The summed E-state index contributed by atoms with van der Waals surface area (Å²) in [5.41, 5.74) is 17.0. The molecule has 2 aromatic heterocycles. The minimum absolute atomic E-state index is 0. The minimum atomic E-state index is -0.237. The summed E-state index contributed by atoms with van der Waals surface area (Å²) in [4.78, 5) is 9.64. The number of ether oxygens (including phenoxy) is 1. The number of rotatable bonds is 10. The Morgan fingerprint density at radius 3 is 1.75 bits per heavy atom. The number of aromatic nitrogens is 2. The van der Waals surface area contributed by atoms with Gasteiger partial charge in [0.2, 0.25) is 0 Å². The molecule has 1 aliphatic heterocycles. The standard InChI is InChI=1S/C69H73N4O.CH3.Pt/c1-44(2)56-24-21-25-57(45(3)4)65(56)46-34-52(71-43-72(62-27-20-19-26-61(62)71)53-37-50(68(11,12)13)36-51(38-53)69(14,15)47-22-17-16-18-23-47)41-55(35-46)74-54-29-30-58-59-39-48(66(5,6)7)28-31-60(59)73(63(58)42-54)64-40-49(32-33-70-64)67(8,9)10;;/h16-40,43-45H,1-15H3;1H3;/q-3;-1;+4. The van der Waals surface area contributed by atoms with Crippen LogP contribution in [0.4, 0.5) is 22.7 Å². The van der Waals surface area contributed by atoms with Gasteiger partial charge in [-0.05, 0) is 120 Å². The Hall–Kier alpha value is -6.42. The molecule has 0 saturated carbocycles. The smallest absolute Gasteiger partial charge is 0.509 e. The van der Waals surface area contributed by atoms with Crippen LogP contribution in [0.3, 0.4) is 0 Å². The van der Waals surface area contributed by atoms with Crippen LogP contribution in [0.2, 0.25) is 0 Å². The molecule has 6 heteroatoms. The normalized spacial score (nSPS) is 13.1. The molecule has 76 heavy (non-hydrogen) atoms. The summed E-state index contributed by atoms with van der Waals surface area (Å²) < 4.78 is 9.40. The molecular weight excluding hydrogens is 1110 g/mol. The fraction of sp³-hybridized carbons (Fsp3) is 0.300. The molecule has 0 spiro atoms. The molecule has 5 nitrogen and oxygen atoms in total. The van der Waals surface area contributed by atoms with Gasteiger partial charge in [-0.2, -0.15) is 6.07 Å². The van der Waals surface area contributed by atoms with Crippen LogP contribution in [0.15, 0.2) is 152 Å². The first-order valence-electron chi connectivity index (χ1n) is 26.6. The fourth-order valence-electron chi connectivity index (χ4n) is 10.6. The summed E-state index contributed by atoms with van der Waals surface area (Å²) in [5.74, 6) is 2.65. The zero-order valence-electron chi connectivity index (χ0n) is 47.7. The molecule has 0 radical (unpaired) electrons. The van der Waals surface area contributed by atoms with Crippen molar-refractivity contribution in [1.29, 1.82) is 0 Å². The van der Waals surface area contributed by atoms with Gasteiger partial charge < -0.3 is 26.5 Å². The van der Waals surface area contributed by atoms with E-state index in [0.717, 1.165) is 55.9 Å². The molecule has 392 valence electrons. The zero-order chi connectivity index (χ0) is 52.6. The second kappa shape index (κ2) is 20.8. The van der Waals surface area contributed by atoms with Gasteiger partial charge in [0, 0.05) is 45.7 Å². The number of hydrogen-bond acceptors (Lipinski definition) is 4. The van der Waals surface area contributed by atoms with Gasteiger partial charge in [0.05, 0.1) is 0 Å². The third-order valence-corrected chi connectivity index (χ3v) is 15.2. The van der Waals surface area contributed by atoms with Gasteiger partial charge >= 0.3 is 21.1 Å². The molecule has 0 unspecified atom stereocenters. The predicted molar refractivity (Wildman–Crippen MR) is 319 cm³/mol. The van der Waals surface area contributed by atoms with Crippen molar-refractivity contribution in [2.45, 2.75) is 137 Å². The molecule has 0 fully saturated rings. The van der Waals surface area contributed by atoms with Crippen molar-refractivity contribution < 1.29 is 25.8 Å². The molecule has 10 rings (SSSR count). The van der Waals surface area contributed by atoms with E-state index in [0.29, 0.717) is 23.3 Å². The number of pyridine rings is 1. The van der Waals surface area contributed by atoms with Crippen molar-refractivity contribution >= 4 is 44.6 Å². The summed E-state index contributed by atoms with van der Waals surface area (Å²) in [6.45, 7) is 36.5. The van der Waals surface area contributed by atoms with Crippen molar-refractivity contribution in [3.05, 3.63) is 217 Å². The van der Waals surface area contributed by atoms with Gasteiger partial charge in [0.15, 0.2) is 0 Å². The summed E-state index contributed by atoms with van der Waals surface area (Å²) >= 11 is 0. The first-order chi connectivity index (χ1) is 35.0. The van der Waals surface area contributed by atoms with E-state index in [1.165, 1.54) is 44.5 Å². The topological polar surface area (TPSA) is 33.5 Å². The number of anilines is 4. The molecule has 0 saturated heterocycles. The molecular formula is C70H76N4OPt. The van der Waals surface area contributed by atoms with Gasteiger partial charge in [-0.3, -0.25) is 0 Å². The molecule has 0 N–H and O–H groups in total. The Balaban J connectivity index is 0.00000383. The quantitative estimate of drug-likeness (QED) is 0.128. The third kappa shape index (κ3) is 10.5. The predicted octanol–water partition coefficient (Wildman–Crippen LogP) is 19.6. The van der Waals surface area contributed by atoms with Gasteiger partial charge in [-0.25, -0.2) is 4.98 Å². The number of para-hydroxylation sites is 2. The van der Waals surface area contributed by atoms with Crippen LogP contribution in [0.25, 0.3) is 38.8 Å². The largest absolute Gasteiger partial charge is 4.00 e. The van der Waals surface area contributed by atoms with Crippen molar-refractivity contribution in [1.82, 2.24) is 9.55 Å². The average molecular weight is 1180 g/mol. The fourth-order valence-corrected chi connectivity index (χ4v) is 10.6. The van der Waals surface area contributed by atoms with Crippen LogP contribution in [0.5, 0.6) is 11.5 Å². The van der Waals surface area contributed by atoms with E-state index < -0.39 is 0 Å². The zero-order valence-corrected chi connectivity index (χ0v) is 50.0. The molecule has 0 amide bonds. The maximum atomic E-state index is 7.14. The SMILES string of the molecule is CC(C)c1cccc(C(C)C)c1-c1cc(Oc2[c-]c3c(cc2)c2cc(C(C)(C)C)ccc2n3-c2cc(C(C)(C)C)ccn2)[c-]c(N2[CH-]N(c3cc(C(C)(C)C)cc(C(C)(C)c4ccccc4)c3)c3ccccc32)c1.[CH3-].[Pt+4]. The van der Waals surface area contributed by atoms with Crippen LogP contribution in [0, 0.1) is 26.2 Å². The second-order valence-electron chi connectivity index (χ2n) is 24.8. The maximum Gasteiger partial charge on any atom is 4.00 e. The number of hydrogen-bond donors (Lipinski definition) is 0. The van der Waals surface area contributed by atoms with Crippen LogP contribution >= 0.6 is 0 Å². The van der Waals surface area contributed by atoms with E-state index in [1.54, 1.807) is 0 Å². The van der Waals surface area contributed by atoms with Crippen molar-refractivity contribution in [3.8, 4) is 28.4 Å². The summed E-state index contributed by atoms with van der Waals surface area (Å²) in [7, 11) is 0. The van der Waals surface area contributed by atoms with Gasteiger partial charge in [-0.1, -0.05) is 188 Å². The molecule has 0 bridgehead atoms. The van der Waals surface area contributed by atoms with Crippen LogP contribution < -0.4 is 14.5 Å². The van der Waals surface area contributed by atoms with E-state index >= 15 is 0 Å². The van der Waals surface area contributed by atoms with Crippen molar-refractivity contribution in [2.75, 3.05) is 9.80 Å². The summed E-state index contributed by atoms with van der Waals surface area (Å²) in [6, 6.07) is 61.1. The Labute approximate surface area is 469 Å². The Kier molecular flexibility index (Phi) is 15.3. The van der Waals surface area contributed by atoms with Crippen LogP contribution in [-0.2, 0) is 42.7 Å². The Morgan fingerprint density at radius 2 is 1.12 bits per heavy atom. The first-order valence-corrected chi connectivity index (χ1v) is 26.6. The minimum Gasteiger partial charge on any atom is -0.509 e. The number of fused-ring (bicyclic) bond motifs is 4. The van der Waals surface area contributed by atoms with Gasteiger partial charge in [0.25, 0.3) is 0 Å². The van der Waals surface area contributed by atoms with Crippen LogP contribution in [-0.4, -0.2) is 9.55 Å². The van der Waals surface area contributed by atoms with E-state index in [-0.39, 0.29) is 50.2 Å². The van der Waals surface area contributed by atoms with Crippen molar-refractivity contribution in [2.24, 2.45) is 0 Å². The van der Waals surface area contributed by atoms with E-state index in [2.05, 4.69) is 283 Å². The van der Waals surface area contributed by atoms with E-state index in [4.69, 9.17) is 9.72 Å². The third-order valence-electron chi connectivity index (χ3n) is 15.2. The molecule has 0 atom stereocenters. The first kappa shape index (κ1) is 55.8. The van der Waals surface area contributed by atoms with E-state index in [9.17, 15) is 0 Å². The molecule has 0 aliphatic carbocycles. The second-order valence-corrected chi connectivity index (χ2v) is 24.8. The monoisotopic (exact) mass is 1180 g/mol. The molecule has 9 aromatic rings. The van der Waals surface area contributed by atoms with Crippen molar-refractivity contribution in [3.63, 3.8) is 0 Å². The molecule has 3 heterocycles. The number of nitrogens with zero attached hydrogens (tertiary/aromatic N) is 4.